The van der Waals surface area contributed by atoms with E-state index in [2.05, 4.69) is 10.2 Å². The van der Waals surface area contributed by atoms with Crippen molar-refractivity contribution in [3.8, 4) is 11.3 Å². The van der Waals surface area contributed by atoms with Crippen LogP contribution in [0.15, 0.2) is 18.2 Å². The van der Waals surface area contributed by atoms with Gasteiger partial charge in [-0.1, -0.05) is 11.6 Å². The van der Waals surface area contributed by atoms with Gasteiger partial charge in [0, 0.05) is 5.56 Å². The summed E-state index contributed by atoms with van der Waals surface area (Å²) in [5.41, 5.74) is 0.407. The number of rotatable bonds is 3. The number of aryl methyl sites for hydroxylation is 1. The number of benzene rings is 1. The van der Waals surface area contributed by atoms with Crippen LogP contribution in [-0.2, 0) is 6.54 Å². The van der Waals surface area contributed by atoms with Crippen molar-refractivity contribution in [1.82, 2.24) is 15.0 Å². The molecule has 0 aliphatic carbocycles. The van der Waals surface area contributed by atoms with E-state index >= 15 is 0 Å². The molecule has 0 aliphatic heterocycles. The lowest BCUT2D eigenvalue weighted by atomic mass is 10.1. The van der Waals surface area contributed by atoms with E-state index in [1.807, 2.05) is 0 Å². The maximum absolute atomic E-state index is 13.1. The van der Waals surface area contributed by atoms with Crippen molar-refractivity contribution in [2.45, 2.75) is 13.5 Å². The molecule has 0 atom stereocenters. The van der Waals surface area contributed by atoms with Gasteiger partial charge in [0.15, 0.2) is 5.69 Å². The summed E-state index contributed by atoms with van der Waals surface area (Å²) in [6, 6.07) is 3.90. The van der Waals surface area contributed by atoms with Crippen LogP contribution in [-0.4, -0.2) is 26.1 Å². The van der Waals surface area contributed by atoms with Crippen molar-refractivity contribution in [2.75, 3.05) is 0 Å². The van der Waals surface area contributed by atoms with Gasteiger partial charge in [-0.3, -0.25) is 0 Å². The predicted octanol–water partition coefficient (Wildman–Crippen LogP) is 2.46. The molecule has 1 heterocycles. The molecule has 1 N–H and O–H groups in total. The highest BCUT2D eigenvalue weighted by Crippen LogP contribution is 2.25. The zero-order valence-electron chi connectivity index (χ0n) is 9.39. The quantitative estimate of drug-likeness (QED) is 0.929. The highest BCUT2D eigenvalue weighted by molar-refractivity contribution is 6.31. The lowest BCUT2D eigenvalue weighted by Crippen LogP contribution is -2.02. The number of aromatic nitrogens is 3. The third-order valence-corrected chi connectivity index (χ3v) is 2.62. The average molecular weight is 270 g/mol. The molecule has 94 valence electrons. The largest absolute Gasteiger partial charge is 0.476 e. The fraction of sp³-hybridized carbons (Fsp3) is 0.182. The van der Waals surface area contributed by atoms with E-state index in [4.69, 9.17) is 16.7 Å². The molecule has 7 heteroatoms. The van der Waals surface area contributed by atoms with Crippen molar-refractivity contribution in [2.24, 2.45) is 0 Å². The number of carboxylic acid groups (broad SMARTS) is 1. The van der Waals surface area contributed by atoms with Gasteiger partial charge in [0.2, 0.25) is 0 Å². The van der Waals surface area contributed by atoms with Crippen molar-refractivity contribution in [1.29, 1.82) is 0 Å². The van der Waals surface area contributed by atoms with Crippen LogP contribution < -0.4 is 0 Å². The Morgan fingerprint density at radius 1 is 1.50 bits per heavy atom. The maximum Gasteiger partial charge on any atom is 0.358 e. The second-order valence-corrected chi connectivity index (χ2v) is 3.93. The van der Waals surface area contributed by atoms with Gasteiger partial charge in [-0.2, -0.15) is 9.90 Å². The Labute approximate surface area is 107 Å². The summed E-state index contributed by atoms with van der Waals surface area (Å²) in [4.78, 5) is 12.3. The Morgan fingerprint density at radius 2 is 2.22 bits per heavy atom. The van der Waals surface area contributed by atoms with E-state index in [-0.39, 0.29) is 16.4 Å². The Morgan fingerprint density at radius 3 is 2.78 bits per heavy atom. The molecule has 5 nitrogen and oxygen atoms in total. The Bertz CT molecular complexity index is 612. The van der Waals surface area contributed by atoms with Crippen molar-refractivity contribution in [3.05, 3.63) is 34.7 Å². The number of hydrogen-bond acceptors (Lipinski definition) is 3. The normalized spacial score (nSPS) is 10.6. The first kappa shape index (κ1) is 12.5. The lowest BCUT2D eigenvalue weighted by molar-refractivity contribution is 0.0690. The summed E-state index contributed by atoms with van der Waals surface area (Å²) >= 11 is 5.66. The van der Waals surface area contributed by atoms with Gasteiger partial charge < -0.3 is 5.11 Å². The number of aromatic carboxylic acids is 1. The molecule has 0 aliphatic rings. The van der Waals surface area contributed by atoms with E-state index in [0.29, 0.717) is 12.1 Å². The zero-order chi connectivity index (χ0) is 13.3. The molecule has 0 amide bonds. The van der Waals surface area contributed by atoms with Gasteiger partial charge in [0.1, 0.15) is 11.5 Å². The van der Waals surface area contributed by atoms with Crippen molar-refractivity contribution >= 4 is 17.6 Å². The molecule has 0 saturated carbocycles. The summed E-state index contributed by atoms with van der Waals surface area (Å²) in [6.07, 6.45) is 0. The number of hydrogen-bond donors (Lipinski definition) is 1. The number of carbonyl (C=O) groups is 1. The second kappa shape index (κ2) is 4.73. The first-order valence-corrected chi connectivity index (χ1v) is 5.54. The molecular formula is C11H9ClFN3O2. The first-order chi connectivity index (χ1) is 8.52. The van der Waals surface area contributed by atoms with Crippen LogP contribution in [0.1, 0.15) is 17.4 Å². The molecule has 0 spiro atoms. The summed E-state index contributed by atoms with van der Waals surface area (Å²) < 4.78 is 13.1. The minimum Gasteiger partial charge on any atom is -0.476 e. The molecule has 2 rings (SSSR count). The molecule has 1 aromatic carbocycles. The fourth-order valence-corrected chi connectivity index (χ4v) is 1.65. The Kier molecular flexibility index (Phi) is 3.29. The predicted molar refractivity (Wildman–Crippen MR) is 63.1 cm³/mol. The van der Waals surface area contributed by atoms with Crippen LogP contribution in [0.5, 0.6) is 0 Å². The molecule has 0 unspecified atom stereocenters. The zero-order valence-corrected chi connectivity index (χ0v) is 10.1. The third-order valence-electron chi connectivity index (χ3n) is 2.33. The number of carboxylic acids is 1. The van der Waals surface area contributed by atoms with Crippen LogP contribution in [0.25, 0.3) is 11.3 Å². The third kappa shape index (κ3) is 2.19. The van der Waals surface area contributed by atoms with Gasteiger partial charge >= 0.3 is 5.97 Å². The molecule has 0 fully saturated rings. The number of nitrogens with zero attached hydrogens (tertiary/aromatic N) is 3. The fourth-order valence-electron chi connectivity index (χ4n) is 1.47. The van der Waals surface area contributed by atoms with E-state index < -0.39 is 11.8 Å². The van der Waals surface area contributed by atoms with Gasteiger partial charge in [0.05, 0.1) is 11.6 Å². The molecule has 1 aromatic heterocycles. The second-order valence-electron chi connectivity index (χ2n) is 3.52. The Hall–Kier alpha value is -1.95. The molecule has 18 heavy (non-hydrogen) atoms. The molecule has 0 radical (unpaired) electrons. The van der Waals surface area contributed by atoms with Gasteiger partial charge in [0.25, 0.3) is 0 Å². The van der Waals surface area contributed by atoms with E-state index in [1.54, 1.807) is 6.92 Å². The standard InChI is InChI=1S/C11H9ClFN3O2/c1-2-16-14-9(10(15-16)11(17)18)6-3-4-8(13)7(12)5-6/h3-5H,2H2,1H3,(H,17,18). The summed E-state index contributed by atoms with van der Waals surface area (Å²) in [6.45, 7) is 2.22. The first-order valence-electron chi connectivity index (χ1n) is 5.16. The summed E-state index contributed by atoms with van der Waals surface area (Å²) in [7, 11) is 0. The van der Waals surface area contributed by atoms with E-state index in [1.165, 1.54) is 16.9 Å². The van der Waals surface area contributed by atoms with Crippen molar-refractivity contribution < 1.29 is 14.3 Å². The van der Waals surface area contributed by atoms with Gasteiger partial charge in [-0.25, -0.2) is 9.18 Å². The van der Waals surface area contributed by atoms with E-state index in [9.17, 15) is 9.18 Å². The minimum absolute atomic E-state index is 0.0881. The monoisotopic (exact) mass is 269 g/mol. The van der Waals surface area contributed by atoms with E-state index in [0.717, 1.165) is 6.07 Å². The van der Waals surface area contributed by atoms with Crippen LogP contribution in [0.4, 0.5) is 4.39 Å². The van der Waals surface area contributed by atoms with Gasteiger partial charge in [-0.15, -0.1) is 5.10 Å². The van der Waals surface area contributed by atoms with Crippen LogP contribution >= 0.6 is 11.6 Å². The van der Waals surface area contributed by atoms with Crippen molar-refractivity contribution in [3.63, 3.8) is 0 Å². The highest BCUT2D eigenvalue weighted by atomic mass is 35.5. The maximum atomic E-state index is 13.1. The Balaban J connectivity index is 2.58. The lowest BCUT2D eigenvalue weighted by Gasteiger charge is -1.99. The van der Waals surface area contributed by atoms with Gasteiger partial charge in [-0.05, 0) is 25.1 Å². The highest BCUT2D eigenvalue weighted by Gasteiger charge is 2.19. The smallest absolute Gasteiger partial charge is 0.358 e. The number of halogens is 2. The molecule has 0 bridgehead atoms. The van der Waals surface area contributed by atoms with Crippen LogP contribution in [0.2, 0.25) is 5.02 Å². The van der Waals surface area contributed by atoms with Crippen LogP contribution in [0.3, 0.4) is 0 Å². The SMILES string of the molecule is CCn1nc(C(=O)O)c(-c2ccc(F)c(Cl)c2)n1. The molecular weight excluding hydrogens is 261 g/mol. The summed E-state index contributed by atoms with van der Waals surface area (Å²) in [5, 5.41) is 16.8. The van der Waals surface area contributed by atoms with Crippen LogP contribution in [0, 0.1) is 5.82 Å². The minimum atomic E-state index is -1.19. The topological polar surface area (TPSA) is 68.0 Å². The molecule has 2 aromatic rings. The average Bonchev–Trinajstić information content (AvgIpc) is 2.77. The summed E-state index contributed by atoms with van der Waals surface area (Å²) in [5.74, 6) is -1.76. The molecule has 0 saturated heterocycles.